The van der Waals surface area contributed by atoms with Gasteiger partial charge in [-0.2, -0.15) is 4.31 Å². The van der Waals surface area contributed by atoms with Gasteiger partial charge in [-0.1, -0.05) is 24.6 Å². The molecule has 0 radical (unpaired) electrons. The van der Waals surface area contributed by atoms with Crippen LogP contribution < -0.4 is 10.1 Å². The van der Waals surface area contributed by atoms with Crippen molar-refractivity contribution in [3.05, 3.63) is 59.7 Å². The van der Waals surface area contributed by atoms with Gasteiger partial charge in [0.15, 0.2) is 0 Å². The zero-order valence-corrected chi connectivity index (χ0v) is 20.9. The molecule has 4 rings (SSSR count). The minimum atomic E-state index is -3.55. The maximum Gasteiger partial charge on any atom is 0.251 e. The summed E-state index contributed by atoms with van der Waals surface area (Å²) in [6.45, 7) is 4.92. The average molecular weight is 486 g/mol. The van der Waals surface area contributed by atoms with Gasteiger partial charge in [-0.3, -0.25) is 9.69 Å². The molecule has 0 aromatic heterocycles. The summed E-state index contributed by atoms with van der Waals surface area (Å²) in [5.74, 6) is 0.601. The van der Waals surface area contributed by atoms with E-state index in [2.05, 4.69) is 16.3 Å². The van der Waals surface area contributed by atoms with E-state index in [1.54, 1.807) is 35.7 Å². The Bertz CT molecular complexity index is 1080. The molecular weight excluding hydrogens is 450 g/mol. The minimum Gasteiger partial charge on any atom is -0.496 e. The molecule has 2 fully saturated rings. The summed E-state index contributed by atoms with van der Waals surface area (Å²) in [6.07, 6.45) is 5.11. The number of methoxy groups -OCH3 is 1. The minimum absolute atomic E-state index is 0.000719. The second-order valence-corrected chi connectivity index (χ2v) is 11.1. The van der Waals surface area contributed by atoms with Crippen LogP contribution in [0, 0.1) is 0 Å². The zero-order chi connectivity index (χ0) is 24.1. The maximum atomic E-state index is 13.1. The smallest absolute Gasteiger partial charge is 0.251 e. The Morgan fingerprint density at radius 3 is 2.38 bits per heavy atom. The summed E-state index contributed by atoms with van der Waals surface area (Å²) in [5, 5.41) is 3.06. The maximum absolute atomic E-state index is 13.1. The quantitative estimate of drug-likeness (QED) is 0.615. The predicted molar refractivity (Wildman–Crippen MR) is 133 cm³/mol. The van der Waals surface area contributed by atoms with Crippen LogP contribution in [0.5, 0.6) is 5.75 Å². The van der Waals surface area contributed by atoms with Gasteiger partial charge in [0.2, 0.25) is 10.0 Å². The van der Waals surface area contributed by atoms with Crippen molar-refractivity contribution in [2.75, 3.05) is 33.3 Å². The highest BCUT2D eigenvalue weighted by atomic mass is 32.2. The van der Waals surface area contributed by atoms with Crippen LogP contribution in [0.25, 0.3) is 0 Å². The first-order valence-corrected chi connectivity index (χ1v) is 13.6. The lowest BCUT2D eigenvalue weighted by Gasteiger charge is -2.32. The number of nitrogens with one attached hydrogen (secondary N) is 1. The van der Waals surface area contributed by atoms with Crippen molar-refractivity contribution < 1.29 is 17.9 Å². The summed E-state index contributed by atoms with van der Waals surface area (Å²) in [5.41, 5.74) is 1.51. The van der Waals surface area contributed by atoms with E-state index in [0.717, 1.165) is 56.5 Å². The molecule has 1 N–H and O–H groups in total. The number of hydrogen-bond donors (Lipinski definition) is 1. The summed E-state index contributed by atoms with van der Waals surface area (Å²) in [6, 6.07) is 14.2. The van der Waals surface area contributed by atoms with E-state index in [1.807, 2.05) is 25.1 Å². The van der Waals surface area contributed by atoms with Crippen LogP contribution >= 0.6 is 0 Å². The molecule has 2 atom stereocenters. The molecule has 2 aromatic carbocycles. The fourth-order valence-corrected chi connectivity index (χ4v) is 6.76. The van der Waals surface area contributed by atoms with Crippen LogP contribution in [0.4, 0.5) is 0 Å². The molecule has 2 aliphatic rings. The Balaban J connectivity index is 1.46. The summed E-state index contributed by atoms with van der Waals surface area (Å²) in [7, 11) is -1.89. The van der Waals surface area contributed by atoms with Gasteiger partial charge in [0.1, 0.15) is 5.75 Å². The number of carbonyl (C=O) groups is 1. The number of ether oxygens (including phenoxy) is 1. The van der Waals surface area contributed by atoms with E-state index < -0.39 is 10.0 Å². The van der Waals surface area contributed by atoms with E-state index in [1.165, 1.54) is 0 Å². The highest BCUT2D eigenvalue weighted by molar-refractivity contribution is 7.89. The fourth-order valence-electron chi connectivity index (χ4n) is 5.06. The molecule has 2 heterocycles. The molecule has 2 saturated heterocycles. The van der Waals surface area contributed by atoms with Gasteiger partial charge < -0.3 is 10.1 Å². The van der Waals surface area contributed by atoms with Gasteiger partial charge in [0.05, 0.1) is 18.0 Å². The van der Waals surface area contributed by atoms with Gasteiger partial charge in [-0.05, 0) is 76.0 Å². The number of hydrogen-bond acceptors (Lipinski definition) is 5. The van der Waals surface area contributed by atoms with Crippen molar-refractivity contribution >= 4 is 15.9 Å². The topological polar surface area (TPSA) is 78.9 Å². The number of piperidine rings is 1. The van der Waals surface area contributed by atoms with Gasteiger partial charge in [0.25, 0.3) is 5.91 Å². The molecule has 0 bridgehead atoms. The Hall–Kier alpha value is -2.42. The molecule has 8 heteroatoms. The predicted octanol–water partition coefficient (Wildman–Crippen LogP) is 3.83. The molecule has 1 amide bonds. The summed E-state index contributed by atoms with van der Waals surface area (Å²) in [4.78, 5) is 15.6. The average Bonchev–Trinajstić information content (AvgIpc) is 3.39. The van der Waals surface area contributed by atoms with Crippen LogP contribution in [-0.4, -0.2) is 62.9 Å². The SMILES string of the molecule is COc1ccccc1[C@@H](CNC(=O)c1ccc(S(=O)(=O)N2CCCC[C@@H]2C)cc1)N1CCCC1. The number of rotatable bonds is 8. The van der Waals surface area contributed by atoms with Crippen molar-refractivity contribution in [1.29, 1.82) is 0 Å². The van der Waals surface area contributed by atoms with Gasteiger partial charge in [0, 0.05) is 30.3 Å². The van der Waals surface area contributed by atoms with Crippen molar-refractivity contribution in [2.24, 2.45) is 0 Å². The number of sulfonamides is 1. The highest BCUT2D eigenvalue weighted by Crippen LogP contribution is 2.31. The number of likely N-dealkylation sites (tertiary alicyclic amines) is 1. The molecule has 0 saturated carbocycles. The molecule has 34 heavy (non-hydrogen) atoms. The van der Waals surface area contributed by atoms with Gasteiger partial charge in [-0.15, -0.1) is 0 Å². The van der Waals surface area contributed by atoms with Crippen LogP contribution in [0.15, 0.2) is 53.4 Å². The van der Waals surface area contributed by atoms with E-state index >= 15 is 0 Å². The lowest BCUT2D eigenvalue weighted by molar-refractivity contribution is 0.0937. The van der Waals surface area contributed by atoms with Crippen molar-refractivity contribution in [2.45, 2.75) is 56.0 Å². The molecule has 0 aliphatic carbocycles. The number of nitrogens with zero attached hydrogens (tertiary/aromatic N) is 2. The van der Waals surface area contributed by atoms with E-state index in [9.17, 15) is 13.2 Å². The molecule has 0 unspecified atom stereocenters. The Morgan fingerprint density at radius 1 is 1.03 bits per heavy atom. The van der Waals surface area contributed by atoms with Crippen LogP contribution in [0.1, 0.15) is 61.0 Å². The number of benzene rings is 2. The van der Waals surface area contributed by atoms with E-state index in [-0.39, 0.29) is 22.9 Å². The summed E-state index contributed by atoms with van der Waals surface area (Å²) >= 11 is 0. The van der Waals surface area contributed by atoms with E-state index in [4.69, 9.17) is 4.74 Å². The largest absolute Gasteiger partial charge is 0.496 e. The molecule has 7 nitrogen and oxygen atoms in total. The number of carbonyl (C=O) groups excluding carboxylic acids is 1. The first-order chi connectivity index (χ1) is 16.4. The van der Waals surface area contributed by atoms with Gasteiger partial charge >= 0.3 is 0 Å². The third-order valence-electron chi connectivity index (χ3n) is 7.00. The molecular formula is C26H35N3O4S. The molecule has 184 valence electrons. The van der Waals surface area contributed by atoms with Crippen molar-refractivity contribution in [3.8, 4) is 5.75 Å². The zero-order valence-electron chi connectivity index (χ0n) is 20.1. The Labute approximate surface area is 203 Å². The molecule has 2 aliphatic heterocycles. The monoisotopic (exact) mass is 485 g/mol. The number of para-hydroxylation sites is 1. The van der Waals surface area contributed by atoms with Crippen LogP contribution in [-0.2, 0) is 10.0 Å². The third-order valence-corrected chi connectivity index (χ3v) is 9.03. The second kappa shape index (κ2) is 10.9. The molecule has 2 aromatic rings. The normalized spacial score (nSPS) is 20.7. The fraction of sp³-hybridized carbons (Fsp3) is 0.500. The number of amides is 1. The first kappa shape index (κ1) is 24.7. The van der Waals surface area contributed by atoms with Gasteiger partial charge in [-0.25, -0.2) is 8.42 Å². The van der Waals surface area contributed by atoms with Crippen molar-refractivity contribution in [1.82, 2.24) is 14.5 Å². The third kappa shape index (κ3) is 5.29. The highest BCUT2D eigenvalue weighted by Gasteiger charge is 2.31. The first-order valence-electron chi connectivity index (χ1n) is 12.2. The van der Waals surface area contributed by atoms with Crippen LogP contribution in [0.3, 0.4) is 0 Å². The van der Waals surface area contributed by atoms with E-state index in [0.29, 0.717) is 18.7 Å². The van der Waals surface area contributed by atoms with Crippen molar-refractivity contribution in [3.63, 3.8) is 0 Å². The Morgan fingerprint density at radius 2 is 1.71 bits per heavy atom. The standard InChI is InChI=1S/C26H35N3O4S/c1-20-9-5-6-18-29(20)34(31,32)22-14-12-21(13-15-22)26(30)27-19-24(28-16-7-8-17-28)23-10-3-4-11-25(23)33-2/h3-4,10-15,20,24H,5-9,16-19H2,1-2H3,(H,27,30)/t20-,24+/m0/s1. The molecule has 0 spiro atoms. The Kier molecular flexibility index (Phi) is 7.91. The lowest BCUT2D eigenvalue weighted by atomic mass is 10.0. The lowest BCUT2D eigenvalue weighted by Crippen LogP contribution is -2.41. The van der Waals surface area contributed by atoms with Crippen LogP contribution in [0.2, 0.25) is 0 Å². The second-order valence-electron chi connectivity index (χ2n) is 9.20. The summed E-state index contributed by atoms with van der Waals surface area (Å²) < 4.78 is 33.3.